The molecule has 0 aliphatic heterocycles. The molecule has 0 amide bonds. The SMILES string of the molecule is C[Si](C)(CN)c1cccc(F)c1. The highest BCUT2D eigenvalue weighted by Gasteiger charge is 2.21. The zero-order chi connectivity index (χ0) is 9.19. The molecule has 0 saturated heterocycles. The molecule has 0 bridgehead atoms. The third-order valence-electron chi connectivity index (χ3n) is 2.12. The zero-order valence-electron chi connectivity index (χ0n) is 7.47. The van der Waals surface area contributed by atoms with E-state index in [1.165, 1.54) is 6.07 Å². The molecule has 1 nitrogen and oxygen atoms in total. The summed E-state index contributed by atoms with van der Waals surface area (Å²) in [7, 11) is -1.55. The number of benzene rings is 1. The fourth-order valence-electron chi connectivity index (χ4n) is 1.03. The molecule has 0 aliphatic rings. The van der Waals surface area contributed by atoms with E-state index in [0.29, 0.717) is 6.17 Å². The topological polar surface area (TPSA) is 26.0 Å². The van der Waals surface area contributed by atoms with Crippen molar-refractivity contribution in [2.45, 2.75) is 13.1 Å². The van der Waals surface area contributed by atoms with Crippen LogP contribution in [0.15, 0.2) is 24.3 Å². The van der Waals surface area contributed by atoms with Crippen molar-refractivity contribution in [3.8, 4) is 0 Å². The molecule has 0 atom stereocenters. The van der Waals surface area contributed by atoms with E-state index < -0.39 is 8.07 Å². The van der Waals surface area contributed by atoms with Crippen LogP contribution >= 0.6 is 0 Å². The first-order valence-corrected chi connectivity index (χ1v) is 7.23. The summed E-state index contributed by atoms with van der Waals surface area (Å²) in [5, 5.41) is 1.09. The number of nitrogens with two attached hydrogens (primary N) is 1. The predicted molar refractivity (Wildman–Crippen MR) is 52.6 cm³/mol. The van der Waals surface area contributed by atoms with E-state index in [1.807, 2.05) is 6.07 Å². The van der Waals surface area contributed by atoms with E-state index >= 15 is 0 Å². The normalized spacial score (nSPS) is 11.7. The molecule has 0 aromatic heterocycles. The van der Waals surface area contributed by atoms with Crippen molar-refractivity contribution >= 4 is 13.3 Å². The number of rotatable bonds is 2. The summed E-state index contributed by atoms with van der Waals surface area (Å²) in [6.45, 7) is 4.28. The van der Waals surface area contributed by atoms with Gasteiger partial charge < -0.3 is 5.73 Å². The molecule has 1 rings (SSSR count). The van der Waals surface area contributed by atoms with Gasteiger partial charge in [-0.1, -0.05) is 30.4 Å². The quantitative estimate of drug-likeness (QED) is 0.686. The van der Waals surface area contributed by atoms with Crippen molar-refractivity contribution < 1.29 is 4.39 Å². The van der Waals surface area contributed by atoms with Gasteiger partial charge in [-0.05, 0) is 18.3 Å². The first kappa shape index (κ1) is 9.42. The predicted octanol–water partition coefficient (Wildman–Crippen LogP) is 1.24. The molecule has 2 N–H and O–H groups in total. The van der Waals surface area contributed by atoms with Crippen LogP contribution in [0.2, 0.25) is 13.1 Å². The first-order valence-electron chi connectivity index (χ1n) is 4.02. The summed E-state index contributed by atoms with van der Waals surface area (Å²) < 4.78 is 12.8. The third kappa shape index (κ3) is 1.93. The maximum atomic E-state index is 12.8. The molecule has 0 saturated carbocycles. The summed E-state index contributed by atoms with van der Waals surface area (Å²) in [6.07, 6.45) is 0.663. The van der Waals surface area contributed by atoms with Crippen molar-refractivity contribution in [1.29, 1.82) is 0 Å². The summed E-state index contributed by atoms with van der Waals surface area (Å²) in [4.78, 5) is 0. The second-order valence-corrected chi connectivity index (χ2v) is 8.35. The van der Waals surface area contributed by atoms with Gasteiger partial charge in [0.2, 0.25) is 0 Å². The highest BCUT2D eigenvalue weighted by Crippen LogP contribution is 2.02. The highest BCUT2D eigenvalue weighted by atomic mass is 28.3. The highest BCUT2D eigenvalue weighted by molar-refractivity contribution is 6.89. The van der Waals surface area contributed by atoms with Crippen LogP contribution in [0, 0.1) is 5.82 Å². The maximum absolute atomic E-state index is 12.8. The molecule has 0 spiro atoms. The van der Waals surface area contributed by atoms with Gasteiger partial charge in [0.15, 0.2) is 0 Å². The smallest absolute Gasteiger partial charge is 0.123 e. The van der Waals surface area contributed by atoms with E-state index in [4.69, 9.17) is 5.73 Å². The summed E-state index contributed by atoms with van der Waals surface area (Å²) in [5.41, 5.74) is 5.63. The molecule has 0 radical (unpaired) electrons. The number of hydrogen-bond donors (Lipinski definition) is 1. The second kappa shape index (κ2) is 3.37. The lowest BCUT2D eigenvalue weighted by Crippen LogP contribution is -2.48. The first-order chi connectivity index (χ1) is 5.56. The van der Waals surface area contributed by atoms with Gasteiger partial charge in [-0.25, -0.2) is 4.39 Å². The number of hydrogen-bond acceptors (Lipinski definition) is 1. The van der Waals surface area contributed by atoms with Crippen LogP contribution in [0.5, 0.6) is 0 Å². The second-order valence-electron chi connectivity index (χ2n) is 3.60. The minimum Gasteiger partial charge on any atom is -0.333 e. The molecule has 0 fully saturated rings. The van der Waals surface area contributed by atoms with Crippen LogP contribution in [-0.2, 0) is 0 Å². The summed E-state index contributed by atoms with van der Waals surface area (Å²) >= 11 is 0. The molecular weight excluding hydrogens is 169 g/mol. The van der Waals surface area contributed by atoms with Crippen LogP contribution in [0.1, 0.15) is 0 Å². The Bertz CT molecular complexity index is 273. The molecule has 1 aromatic rings. The zero-order valence-corrected chi connectivity index (χ0v) is 8.47. The van der Waals surface area contributed by atoms with Crippen LogP contribution in [-0.4, -0.2) is 14.2 Å². The van der Waals surface area contributed by atoms with Gasteiger partial charge in [-0.15, -0.1) is 0 Å². The Morgan fingerprint density at radius 2 is 2.08 bits per heavy atom. The molecule has 12 heavy (non-hydrogen) atoms. The van der Waals surface area contributed by atoms with Gasteiger partial charge in [0, 0.05) is 0 Å². The van der Waals surface area contributed by atoms with Gasteiger partial charge in [0.05, 0.1) is 8.07 Å². The van der Waals surface area contributed by atoms with E-state index in [9.17, 15) is 4.39 Å². The summed E-state index contributed by atoms with van der Waals surface area (Å²) in [5.74, 6) is -0.165. The van der Waals surface area contributed by atoms with Crippen LogP contribution < -0.4 is 10.9 Å². The van der Waals surface area contributed by atoms with Gasteiger partial charge in [-0.3, -0.25) is 0 Å². The van der Waals surface area contributed by atoms with Gasteiger partial charge in [0.1, 0.15) is 5.82 Å². The maximum Gasteiger partial charge on any atom is 0.123 e. The van der Waals surface area contributed by atoms with Gasteiger partial charge in [-0.2, -0.15) is 0 Å². The minimum absolute atomic E-state index is 0.165. The monoisotopic (exact) mass is 183 g/mol. The lowest BCUT2D eigenvalue weighted by Gasteiger charge is -2.20. The fourth-order valence-corrected chi connectivity index (χ4v) is 2.34. The Balaban J connectivity index is 3.03. The minimum atomic E-state index is -1.55. The van der Waals surface area contributed by atoms with Crippen LogP contribution in [0.4, 0.5) is 4.39 Å². The summed E-state index contributed by atoms with van der Waals surface area (Å²) in [6, 6.07) is 6.76. The molecule has 1 aromatic carbocycles. The average Bonchev–Trinajstić information content (AvgIpc) is 2.05. The Hall–Kier alpha value is -0.673. The van der Waals surface area contributed by atoms with Crippen molar-refractivity contribution in [3.05, 3.63) is 30.1 Å². The average molecular weight is 183 g/mol. The molecule has 66 valence electrons. The Labute approximate surface area is 73.4 Å². The molecule has 0 aliphatic carbocycles. The third-order valence-corrected chi connectivity index (χ3v) is 5.01. The van der Waals surface area contributed by atoms with Gasteiger partial charge >= 0.3 is 0 Å². The molecule has 0 unspecified atom stereocenters. The Kier molecular flexibility index (Phi) is 2.64. The molecule has 0 heterocycles. The lowest BCUT2D eigenvalue weighted by molar-refractivity contribution is 0.629. The van der Waals surface area contributed by atoms with E-state index in [1.54, 1.807) is 12.1 Å². The molecule has 3 heteroatoms. The van der Waals surface area contributed by atoms with E-state index in [-0.39, 0.29) is 5.82 Å². The largest absolute Gasteiger partial charge is 0.333 e. The lowest BCUT2D eigenvalue weighted by atomic mass is 10.3. The van der Waals surface area contributed by atoms with Crippen molar-refractivity contribution in [1.82, 2.24) is 0 Å². The van der Waals surface area contributed by atoms with Crippen LogP contribution in [0.3, 0.4) is 0 Å². The van der Waals surface area contributed by atoms with E-state index in [2.05, 4.69) is 13.1 Å². The van der Waals surface area contributed by atoms with Gasteiger partial charge in [0.25, 0.3) is 0 Å². The van der Waals surface area contributed by atoms with Crippen molar-refractivity contribution in [2.75, 3.05) is 6.17 Å². The van der Waals surface area contributed by atoms with Crippen molar-refractivity contribution in [2.24, 2.45) is 5.73 Å². The Morgan fingerprint density at radius 1 is 1.42 bits per heavy atom. The standard InChI is InChI=1S/C9H14FNSi/c1-12(2,7-11)9-5-3-4-8(10)6-9/h3-6H,7,11H2,1-2H3. The van der Waals surface area contributed by atoms with Crippen molar-refractivity contribution in [3.63, 3.8) is 0 Å². The Morgan fingerprint density at radius 3 is 2.58 bits per heavy atom. The van der Waals surface area contributed by atoms with E-state index in [0.717, 1.165) is 5.19 Å². The number of halogens is 1. The van der Waals surface area contributed by atoms with Crippen LogP contribution in [0.25, 0.3) is 0 Å². The fraction of sp³-hybridized carbons (Fsp3) is 0.333. The molecular formula is C9H14FNSi.